The lowest BCUT2D eigenvalue weighted by atomic mass is 10.2. The van der Waals surface area contributed by atoms with Crippen molar-refractivity contribution in [3.8, 4) is 0 Å². The molecule has 5 nitrogen and oxygen atoms in total. The number of likely N-dealkylation sites (N-methyl/N-ethyl adjacent to an activating group) is 1. The summed E-state index contributed by atoms with van der Waals surface area (Å²) in [5.41, 5.74) is 0. The second-order valence-corrected chi connectivity index (χ2v) is 4.11. The number of amides is 2. The van der Waals surface area contributed by atoms with Crippen molar-refractivity contribution in [2.45, 2.75) is 32.3 Å². The lowest BCUT2D eigenvalue weighted by Gasteiger charge is -2.29. The molecule has 0 aromatic carbocycles. The molecule has 1 saturated heterocycles. The number of nitrogens with zero attached hydrogens (tertiary/aromatic N) is 1. The minimum Gasteiger partial charge on any atom is -0.365 e. The van der Waals surface area contributed by atoms with Crippen molar-refractivity contribution >= 4 is 11.8 Å². The maximum Gasteiger partial charge on any atom is 0.248 e. The number of hydrogen-bond acceptors (Lipinski definition) is 3. The molecule has 1 unspecified atom stereocenters. The van der Waals surface area contributed by atoms with E-state index in [1.165, 1.54) is 0 Å². The van der Waals surface area contributed by atoms with Crippen molar-refractivity contribution in [1.82, 2.24) is 10.2 Å². The summed E-state index contributed by atoms with van der Waals surface area (Å²) in [5.74, 6) is 0.0542. The van der Waals surface area contributed by atoms with Crippen molar-refractivity contribution in [2.24, 2.45) is 0 Å². The predicted molar refractivity (Wildman–Crippen MR) is 59.9 cm³/mol. The number of ether oxygens (including phenoxy) is 1. The largest absolute Gasteiger partial charge is 0.365 e. The average molecular weight is 228 g/mol. The maximum absolute atomic E-state index is 11.3. The molecule has 1 aliphatic heterocycles. The second-order valence-electron chi connectivity index (χ2n) is 4.11. The van der Waals surface area contributed by atoms with Gasteiger partial charge in [-0.2, -0.15) is 0 Å². The molecule has 0 radical (unpaired) electrons. The molecule has 1 atom stereocenters. The normalized spacial score (nSPS) is 21.0. The number of carbonyl (C=O) groups excluding carboxylic acids is 2. The van der Waals surface area contributed by atoms with Crippen LogP contribution >= 0.6 is 0 Å². The minimum atomic E-state index is -0.0757. The second kappa shape index (κ2) is 6.48. The fourth-order valence-corrected chi connectivity index (χ4v) is 1.54. The van der Waals surface area contributed by atoms with E-state index in [0.29, 0.717) is 19.5 Å². The van der Waals surface area contributed by atoms with E-state index in [0.717, 1.165) is 12.8 Å². The average Bonchev–Trinajstić information content (AvgIpc) is 2.28. The van der Waals surface area contributed by atoms with Gasteiger partial charge in [0.1, 0.15) is 6.61 Å². The number of morpholine rings is 1. The van der Waals surface area contributed by atoms with Crippen LogP contribution in [-0.4, -0.2) is 49.6 Å². The van der Waals surface area contributed by atoms with Crippen molar-refractivity contribution < 1.29 is 14.3 Å². The highest BCUT2D eigenvalue weighted by Crippen LogP contribution is 2.03. The van der Waals surface area contributed by atoms with Gasteiger partial charge in [-0.15, -0.1) is 0 Å². The van der Waals surface area contributed by atoms with Gasteiger partial charge in [-0.1, -0.05) is 13.3 Å². The molecule has 1 N–H and O–H groups in total. The minimum absolute atomic E-state index is 0.00596. The topological polar surface area (TPSA) is 58.6 Å². The standard InChI is InChI=1S/C11H20N2O3/c1-3-4-5-10(14)12-6-9-7-13(2)11(15)8-16-9/h9H,3-8H2,1-2H3,(H,12,14). The van der Waals surface area contributed by atoms with Crippen molar-refractivity contribution in [3.05, 3.63) is 0 Å². The van der Waals surface area contributed by atoms with Crippen LogP contribution in [0.5, 0.6) is 0 Å². The Morgan fingerprint density at radius 3 is 3.00 bits per heavy atom. The van der Waals surface area contributed by atoms with Gasteiger partial charge in [-0.3, -0.25) is 9.59 Å². The molecule has 1 rings (SSSR count). The third-order valence-corrected chi connectivity index (χ3v) is 2.63. The van der Waals surface area contributed by atoms with Gasteiger partial charge in [-0.25, -0.2) is 0 Å². The zero-order chi connectivity index (χ0) is 12.0. The molecule has 0 spiro atoms. The molecular formula is C11H20N2O3. The predicted octanol–water partition coefficient (Wildman–Crippen LogP) is 0.150. The zero-order valence-corrected chi connectivity index (χ0v) is 9.99. The van der Waals surface area contributed by atoms with Gasteiger partial charge in [0.2, 0.25) is 11.8 Å². The first kappa shape index (κ1) is 13.0. The van der Waals surface area contributed by atoms with E-state index in [4.69, 9.17) is 4.74 Å². The fourth-order valence-electron chi connectivity index (χ4n) is 1.54. The number of hydrogen-bond donors (Lipinski definition) is 1. The fraction of sp³-hybridized carbons (Fsp3) is 0.818. The highest BCUT2D eigenvalue weighted by Gasteiger charge is 2.23. The van der Waals surface area contributed by atoms with Crippen LogP contribution in [0.1, 0.15) is 26.2 Å². The van der Waals surface area contributed by atoms with Crippen LogP contribution in [0.2, 0.25) is 0 Å². The molecule has 0 saturated carbocycles. The van der Waals surface area contributed by atoms with E-state index in [2.05, 4.69) is 12.2 Å². The smallest absolute Gasteiger partial charge is 0.248 e. The molecule has 1 fully saturated rings. The summed E-state index contributed by atoms with van der Waals surface area (Å²) >= 11 is 0. The molecule has 0 aromatic heterocycles. The van der Waals surface area contributed by atoms with Crippen molar-refractivity contribution in [3.63, 3.8) is 0 Å². The Bertz CT molecular complexity index is 256. The SMILES string of the molecule is CCCCC(=O)NCC1CN(C)C(=O)CO1. The Morgan fingerprint density at radius 1 is 1.62 bits per heavy atom. The Balaban J connectivity index is 2.18. The number of unbranched alkanes of at least 4 members (excludes halogenated alkanes) is 1. The molecule has 1 heterocycles. The summed E-state index contributed by atoms with van der Waals surface area (Å²) in [5, 5.41) is 2.82. The molecule has 2 amide bonds. The Labute approximate surface area is 96.1 Å². The van der Waals surface area contributed by atoms with Gasteiger partial charge in [-0.05, 0) is 6.42 Å². The van der Waals surface area contributed by atoms with Gasteiger partial charge in [0.15, 0.2) is 0 Å². The van der Waals surface area contributed by atoms with Crippen LogP contribution in [0.4, 0.5) is 0 Å². The lowest BCUT2D eigenvalue weighted by molar-refractivity contribution is -0.146. The molecule has 0 aliphatic carbocycles. The number of carbonyl (C=O) groups is 2. The zero-order valence-electron chi connectivity index (χ0n) is 9.99. The Morgan fingerprint density at radius 2 is 2.38 bits per heavy atom. The van der Waals surface area contributed by atoms with Crippen LogP contribution in [0.3, 0.4) is 0 Å². The summed E-state index contributed by atoms with van der Waals surface area (Å²) in [4.78, 5) is 24.1. The molecule has 0 aromatic rings. The van der Waals surface area contributed by atoms with Gasteiger partial charge < -0.3 is 15.0 Å². The maximum atomic E-state index is 11.3. The van der Waals surface area contributed by atoms with Crippen LogP contribution in [0.15, 0.2) is 0 Å². The molecule has 0 bridgehead atoms. The first-order valence-electron chi connectivity index (χ1n) is 5.75. The summed E-state index contributed by atoms with van der Waals surface area (Å²) in [7, 11) is 1.75. The lowest BCUT2D eigenvalue weighted by Crippen LogP contribution is -2.48. The van der Waals surface area contributed by atoms with E-state index in [1.54, 1.807) is 11.9 Å². The van der Waals surface area contributed by atoms with Crippen LogP contribution in [-0.2, 0) is 14.3 Å². The molecule has 5 heteroatoms. The third-order valence-electron chi connectivity index (χ3n) is 2.63. The summed E-state index contributed by atoms with van der Waals surface area (Å²) in [6.45, 7) is 3.21. The molecule has 92 valence electrons. The van der Waals surface area contributed by atoms with Crippen LogP contribution < -0.4 is 5.32 Å². The first-order valence-corrected chi connectivity index (χ1v) is 5.75. The van der Waals surface area contributed by atoms with E-state index in [-0.39, 0.29) is 24.5 Å². The number of rotatable bonds is 5. The van der Waals surface area contributed by atoms with Gasteiger partial charge in [0.05, 0.1) is 6.10 Å². The highest BCUT2D eigenvalue weighted by molar-refractivity contribution is 5.78. The first-order chi connectivity index (χ1) is 7.63. The van der Waals surface area contributed by atoms with Gasteiger partial charge in [0.25, 0.3) is 0 Å². The number of nitrogens with one attached hydrogen (secondary N) is 1. The van der Waals surface area contributed by atoms with Crippen molar-refractivity contribution in [2.75, 3.05) is 26.7 Å². The van der Waals surface area contributed by atoms with E-state index < -0.39 is 0 Å². The van der Waals surface area contributed by atoms with Crippen molar-refractivity contribution in [1.29, 1.82) is 0 Å². The summed E-state index contributed by atoms with van der Waals surface area (Å²) in [6.07, 6.45) is 2.42. The summed E-state index contributed by atoms with van der Waals surface area (Å²) < 4.78 is 5.31. The van der Waals surface area contributed by atoms with Crippen LogP contribution in [0, 0.1) is 0 Å². The Kier molecular flexibility index (Phi) is 5.25. The highest BCUT2D eigenvalue weighted by atomic mass is 16.5. The monoisotopic (exact) mass is 228 g/mol. The van der Waals surface area contributed by atoms with E-state index in [9.17, 15) is 9.59 Å². The van der Waals surface area contributed by atoms with E-state index in [1.807, 2.05) is 0 Å². The molecule has 16 heavy (non-hydrogen) atoms. The molecule has 1 aliphatic rings. The van der Waals surface area contributed by atoms with Crippen LogP contribution in [0.25, 0.3) is 0 Å². The van der Waals surface area contributed by atoms with Gasteiger partial charge >= 0.3 is 0 Å². The van der Waals surface area contributed by atoms with E-state index >= 15 is 0 Å². The Hall–Kier alpha value is -1.10. The quantitative estimate of drug-likeness (QED) is 0.728. The summed E-state index contributed by atoms with van der Waals surface area (Å²) in [6, 6.07) is 0. The van der Waals surface area contributed by atoms with Gasteiger partial charge in [0, 0.05) is 26.6 Å². The third kappa shape index (κ3) is 4.18. The molecular weight excluding hydrogens is 208 g/mol.